The van der Waals surface area contributed by atoms with Gasteiger partial charge in [-0.15, -0.1) is 0 Å². The molecule has 0 bridgehead atoms. The lowest BCUT2D eigenvalue weighted by molar-refractivity contribution is 0.0949. The molecule has 100 valence electrons. The number of halogens is 1. The first-order chi connectivity index (χ1) is 8.58. The predicted molar refractivity (Wildman–Crippen MR) is 72.9 cm³/mol. The minimum absolute atomic E-state index is 0.0487. The maximum absolute atomic E-state index is 13.6. The number of amides is 1. The van der Waals surface area contributed by atoms with E-state index in [9.17, 15) is 9.18 Å². The van der Waals surface area contributed by atoms with E-state index in [0.29, 0.717) is 17.5 Å². The van der Waals surface area contributed by atoms with Crippen molar-refractivity contribution >= 4 is 17.7 Å². The number of methoxy groups -OCH3 is 1. The molecule has 1 aromatic carbocycles. The van der Waals surface area contributed by atoms with E-state index in [1.54, 1.807) is 17.8 Å². The molecule has 3 nitrogen and oxygen atoms in total. The molecule has 0 saturated carbocycles. The number of thioether (sulfide) groups is 1. The van der Waals surface area contributed by atoms with Crippen LogP contribution in [0.15, 0.2) is 18.2 Å². The Morgan fingerprint density at radius 1 is 1.56 bits per heavy atom. The highest BCUT2D eigenvalue weighted by molar-refractivity contribution is 7.99. The summed E-state index contributed by atoms with van der Waals surface area (Å²) >= 11 is 1.74. The molecule has 0 aliphatic carbocycles. The van der Waals surface area contributed by atoms with Crippen LogP contribution in [0.2, 0.25) is 0 Å². The Kier molecular flexibility index (Phi) is 5.98. The smallest absolute Gasteiger partial charge is 0.254 e. The number of carbonyl (C=O) groups excluding carboxylic acids is 1. The molecule has 0 spiro atoms. The van der Waals surface area contributed by atoms with Gasteiger partial charge in [-0.3, -0.25) is 4.79 Å². The van der Waals surface area contributed by atoms with Gasteiger partial charge in [0.15, 0.2) is 0 Å². The van der Waals surface area contributed by atoms with Crippen molar-refractivity contribution in [2.24, 2.45) is 0 Å². The third-order valence-electron chi connectivity index (χ3n) is 2.66. The van der Waals surface area contributed by atoms with Crippen molar-refractivity contribution in [3.05, 3.63) is 29.6 Å². The third-order valence-corrected chi connectivity index (χ3v) is 3.70. The quantitative estimate of drug-likeness (QED) is 0.864. The Balaban J connectivity index is 2.56. The second-order valence-corrected chi connectivity index (χ2v) is 5.21. The molecule has 18 heavy (non-hydrogen) atoms. The maximum Gasteiger partial charge on any atom is 0.254 e. The van der Waals surface area contributed by atoms with E-state index in [4.69, 9.17) is 4.74 Å². The fourth-order valence-corrected chi connectivity index (χ4v) is 1.76. The summed E-state index contributed by atoms with van der Waals surface area (Å²) in [5.74, 6) is -0.548. The Bertz CT molecular complexity index is 412. The fraction of sp³-hybridized carbons (Fsp3) is 0.462. The highest BCUT2D eigenvalue weighted by Crippen LogP contribution is 2.16. The monoisotopic (exact) mass is 271 g/mol. The van der Waals surface area contributed by atoms with E-state index >= 15 is 0 Å². The van der Waals surface area contributed by atoms with E-state index in [1.807, 2.05) is 6.26 Å². The summed E-state index contributed by atoms with van der Waals surface area (Å²) in [4.78, 5) is 11.7. The molecule has 0 radical (unpaired) electrons. The predicted octanol–water partition coefficient (Wildman–Crippen LogP) is 2.71. The lowest BCUT2D eigenvalue weighted by atomic mass is 10.2. The van der Waals surface area contributed by atoms with Crippen LogP contribution in [0.25, 0.3) is 0 Å². The molecule has 0 aliphatic heterocycles. The van der Waals surface area contributed by atoms with Crippen LogP contribution in [-0.4, -0.2) is 31.1 Å². The summed E-state index contributed by atoms with van der Waals surface area (Å²) in [5, 5.41) is 3.19. The van der Waals surface area contributed by atoms with Gasteiger partial charge in [0.25, 0.3) is 5.91 Å². The van der Waals surface area contributed by atoms with Crippen molar-refractivity contribution in [2.45, 2.75) is 18.6 Å². The van der Waals surface area contributed by atoms with Crippen LogP contribution in [0.4, 0.5) is 4.39 Å². The molecule has 0 aromatic heterocycles. The number of ether oxygens (including phenoxy) is 1. The van der Waals surface area contributed by atoms with Crippen molar-refractivity contribution in [1.29, 1.82) is 0 Å². The zero-order chi connectivity index (χ0) is 13.5. The van der Waals surface area contributed by atoms with Crippen LogP contribution in [0.5, 0.6) is 5.75 Å². The summed E-state index contributed by atoms with van der Waals surface area (Å²) in [7, 11) is 1.46. The van der Waals surface area contributed by atoms with Gasteiger partial charge in [0, 0.05) is 17.9 Å². The highest BCUT2D eigenvalue weighted by Gasteiger charge is 2.12. The zero-order valence-electron chi connectivity index (χ0n) is 10.8. The van der Waals surface area contributed by atoms with Gasteiger partial charge in [-0.2, -0.15) is 11.8 Å². The number of hydrogen-bond acceptors (Lipinski definition) is 3. The molecular weight excluding hydrogens is 253 g/mol. The molecule has 0 fully saturated rings. The van der Waals surface area contributed by atoms with Gasteiger partial charge in [0.1, 0.15) is 11.6 Å². The van der Waals surface area contributed by atoms with Gasteiger partial charge in [0.2, 0.25) is 0 Å². The lowest BCUT2D eigenvalue weighted by Crippen LogP contribution is -2.26. The van der Waals surface area contributed by atoms with E-state index in [0.717, 1.165) is 6.42 Å². The van der Waals surface area contributed by atoms with Gasteiger partial charge in [-0.05, 0) is 24.8 Å². The van der Waals surface area contributed by atoms with Crippen molar-refractivity contribution in [1.82, 2.24) is 5.32 Å². The van der Waals surface area contributed by atoms with Crippen LogP contribution in [-0.2, 0) is 0 Å². The lowest BCUT2D eigenvalue weighted by Gasteiger charge is -2.10. The molecular formula is C13H18FNO2S. The van der Waals surface area contributed by atoms with Gasteiger partial charge in [-0.25, -0.2) is 4.39 Å². The minimum atomic E-state index is -0.565. The molecule has 0 saturated heterocycles. The van der Waals surface area contributed by atoms with Crippen LogP contribution in [0.1, 0.15) is 23.7 Å². The average Bonchev–Trinajstić information content (AvgIpc) is 2.37. The number of hydrogen-bond donors (Lipinski definition) is 1. The summed E-state index contributed by atoms with van der Waals surface area (Å²) in [6.45, 7) is 2.64. The van der Waals surface area contributed by atoms with Crippen molar-refractivity contribution in [2.75, 3.05) is 19.9 Å². The van der Waals surface area contributed by atoms with E-state index in [-0.39, 0.29) is 11.5 Å². The molecule has 1 atom stereocenters. The number of rotatable bonds is 6. The molecule has 1 N–H and O–H groups in total. The average molecular weight is 271 g/mol. The Hall–Kier alpha value is -1.23. The van der Waals surface area contributed by atoms with E-state index < -0.39 is 5.82 Å². The topological polar surface area (TPSA) is 38.3 Å². The highest BCUT2D eigenvalue weighted by atomic mass is 32.2. The first-order valence-corrected chi connectivity index (χ1v) is 7.01. The number of benzene rings is 1. The van der Waals surface area contributed by atoms with E-state index in [1.165, 1.54) is 19.2 Å². The van der Waals surface area contributed by atoms with Gasteiger partial charge >= 0.3 is 0 Å². The number of nitrogens with one attached hydrogen (secondary N) is 1. The SMILES string of the molecule is COc1ccc(C(=O)NCCC(C)SC)c(F)c1. The van der Waals surface area contributed by atoms with Crippen molar-refractivity contribution in [3.63, 3.8) is 0 Å². The first kappa shape index (κ1) is 14.8. The maximum atomic E-state index is 13.6. The van der Waals surface area contributed by atoms with Crippen LogP contribution < -0.4 is 10.1 Å². The molecule has 1 amide bonds. The number of carbonyl (C=O) groups is 1. The van der Waals surface area contributed by atoms with Crippen LogP contribution in [0.3, 0.4) is 0 Å². The largest absolute Gasteiger partial charge is 0.497 e. The molecule has 0 heterocycles. The standard InChI is InChI=1S/C13H18FNO2S/c1-9(18-3)6-7-15-13(16)11-5-4-10(17-2)8-12(11)14/h4-5,8-9H,6-7H2,1-3H3,(H,15,16). The third kappa shape index (κ3) is 4.22. The molecule has 0 aliphatic rings. The minimum Gasteiger partial charge on any atom is -0.497 e. The molecule has 1 aromatic rings. The summed E-state index contributed by atoms with van der Waals surface area (Å²) < 4.78 is 18.5. The summed E-state index contributed by atoms with van der Waals surface area (Å²) in [6, 6.07) is 4.21. The molecule has 1 unspecified atom stereocenters. The zero-order valence-corrected chi connectivity index (χ0v) is 11.6. The Morgan fingerprint density at radius 2 is 2.28 bits per heavy atom. The van der Waals surface area contributed by atoms with E-state index in [2.05, 4.69) is 12.2 Å². The normalized spacial score (nSPS) is 12.0. The van der Waals surface area contributed by atoms with Gasteiger partial charge in [0.05, 0.1) is 12.7 Å². The van der Waals surface area contributed by atoms with Crippen molar-refractivity contribution < 1.29 is 13.9 Å². The van der Waals surface area contributed by atoms with Crippen LogP contribution >= 0.6 is 11.8 Å². The first-order valence-electron chi connectivity index (χ1n) is 5.73. The summed E-state index contributed by atoms with van der Waals surface area (Å²) in [5.41, 5.74) is 0.0487. The van der Waals surface area contributed by atoms with Crippen molar-refractivity contribution in [3.8, 4) is 5.75 Å². The molecule has 1 rings (SSSR count). The van der Waals surface area contributed by atoms with Gasteiger partial charge < -0.3 is 10.1 Å². The molecule has 5 heteroatoms. The summed E-state index contributed by atoms with van der Waals surface area (Å²) in [6.07, 6.45) is 2.89. The fourth-order valence-electron chi connectivity index (χ4n) is 1.41. The Morgan fingerprint density at radius 3 is 2.83 bits per heavy atom. The van der Waals surface area contributed by atoms with Gasteiger partial charge in [-0.1, -0.05) is 6.92 Å². The second kappa shape index (κ2) is 7.26. The van der Waals surface area contributed by atoms with Crippen LogP contribution in [0, 0.1) is 5.82 Å². The second-order valence-electron chi connectivity index (χ2n) is 3.94. The Labute approximate surface area is 111 Å².